The van der Waals surface area contributed by atoms with Gasteiger partial charge in [0, 0.05) is 11.8 Å². The number of aromatic nitrogens is 4. The number of fused-ring (bicyclic) bond motifs is 1. The maximum absolute atomic E-state index is 12.0. The standard InChI is InChI=1S/C18H20N4O3S/c1-11-8-16(21-22-12(2)19-20-18(11)22)15-9-14(26(3,23)24)6-7-17(15)25-10-13-4-5-13/h6-9,13H,4-5,10H2,1-3H3. The first-order chi connectivity index (χ1) is 12.3. The molecule has 1 aliphatic rings. The largest absolute Gasteiger partial charge is 0.493 e. The lowest BCUT2D eigenvalue weighted by atomic mass is 10.1. The Hall–Kier alpha value is -2.48. The second-order valence-corrected chi connectivity index (χ2v) is 8.90. The molecule has 7 nitrogen and oxygen atoms in total. The number of rotatable bonds is 5. The molecule has 3 aromatic rings. The van der Waals surface area contributed by atoms with Crippen molar-refractivity contribution in [2.75, 3.05) is 12.9 Å². The fourth-order valence-electron chi connectivity index (χ4n) is 2.82. The third kappa shape index (κ3) is 3.16. The van der Waals surface area contributed by atoms with Crippen LogP contribution in [-0.2, 0) is 9.84 Å². The first-order valence-corrected chi connectivity index (χ1v) is 10.4. The molecule has 0 N–H and O–H groups in total. The predicted octanol–water partition coefficient (Wildman–Crippen LogP) is 2.60. The Balaban J connectivity index is 1.87. The number of hydrogen-bond donors (Lipinski definition) is 0. The minimum absolute atomic E-state index is 0.242. The molecule has 26 heavy (non-hydrogen) atoms. The van der Waals surface area contributed by atoms with Crippen LogP contribution >= 0.6 is 0 Å². The van der Waals surface area contributed by atoms with Crippen molar-refractivity contribution in [3.63, 3.8) is 0 Å². The first kappa shape index (κ1) is 17.0. The van der Waals surface area contributed by atoms with Crippen LogP contribution in [0.25, 0.3) is 16.9 Å². The topological polar surface area (TPSA) is 86.5 Å². The average Bonchev–Trinajstić information content (AvgIpc) is 3.34. The lowest BCUT2D eigenvalue weighted by Gasteiger charge is -2.13. The maximum Gasteiger partial charge on any atom is 0.180 e. The fourth-order valence-corrected chi connectivity index (χ4v) is 3.47. The van der Waals surface area contributed by atoms with Crippen LogP contribution in [0.15, 0.2) is 29.2 Å². The van der Waals surface area contributed by atoms with E-state index in [2.05, 4.69) is 15.3 Å². The minimum atomic E-state index is -3.33. The second-order valence-electron chi connectivity index (χ2n) is 6.88. The summed E-state index contributed by atoms with van der Waals surface area (Å²) in [5.41, 5.74) is 2.89. The maximum atomic E-state index is 12.0. The van der Waals surface area contributed by atoms with E-state index in [0.29, 0.717) is 41.0 Å². The third-order valence-electron chi connectivity index (χ3n) is 4.54. The zero-order chi connectivity index (χ0) is 18.5. The Morgan fingerprint density at radius 1 is 1.19 bits per heavy atom. The summed E-state index contributed by atoms with van der Waals surface area (Å²) in [7, 11) is -3.33. The molecule has 0 spiro atoms. The van der Waals surface area contributed by atoms with Crippen molar-refractivity contribution in [3.05, 3.63) is 35.7 Å². The molecule has 0 aliphatic heterocycles. The molecule has 136 valence electrons. The van der Waals surface area contributed by atoms with E-state index in [0.717, 1.165) is 5.56 Å². The molecule has 0 saturated heterocycles. The van der Waals surface area contributed by atoms with Crippen LogP contribution in [0.3, 0.4) is 0 Å². The van der Waals surface area contributed by atoms with Crippen LogP contribution in [0.2, 0.25) is 0 Å². The zero-order valence-corrected chi connectivity index (χ0v) is 15.7. The number of sulfone groups is 1. The van der Waals surface area contributed by atoms with Crippen LogP contribution in [0.5, 0.6) is 5.75 Å². The van der Waals surface area contributed by atoms with Gasteiger partial charge >= 0.3 is 0 Å². The van der Waals surface area contributed by atoms with Gasteiger partial charge in [-0.05, 0) is 62.4 Å². The fraction of sp³-hybridized carbons (Fsp3) is 0.389. The van der Waals surface area contributed by atoms with Crippen molar-refractivity contribution >= 4 is 15.5 Å². The van der Waals surface area contributed by atoms with E-state index in [1.807, 2.05) is 19.9 Å². The number of nitrogens with zero attached hydrogens (tertiary/aromatic N) is 4. The molecule has 2 aromatic heterocycles. The molecular formula is C18H20N4O3S. The summed E-state index contributed by atoms with van der Waals surface area (Å²) in [5, 5.41) is 12.8. The van der Waals surface area contributed by atoms with E-state index >= 15 is 0 Å². The van der Waals surface area contributed by atoms with Gasteiger partial charge in [-0.25, -0.2) is 8.42 Å². The number of hydrogen-bond acceptors (Lipinski definition) is 6. The van der Waals surface area contributed by atoms with E-state index in [1.54, 1.807) is 22.7 Å². The molecule has 1 saturated carbocycles. The number of ether oxygens (including phenoxy) is 1. The molecule has 0 unspecified atom stereocenters. The van der Waals surface area contributed by atoms with Crippen molar-refractivity contribution in [2.24, 2.45) is 5.92 Å². The van der Waals surface area contributed by atoms with Crippen molar-refractivity contribution in [3.8, 4) is 17.0 Å². The van der Waals surface area contributed by atoms with Gasteiger partial charge < -0.3 is 4.74 Å². The molecule has 1 fully saturated rings. The predicted molar refractivity (Wildman–Crippen MR) is 97.0 cm³/mol. The summed E-state index contributed by atoms with van der Waals surface area (Å²) in [4.78, 5) is 0.242. The van der Waals surface area contributed by atoms with Gasteiger partial charge in [0.2, 0.25) is 0 Å². The Kier molecular flexibility index (Phi) is 3.95. The van der Waals surface area contributed by atoms with Gasteiger partial charge in [0.25, 0.3) is 0 Å². The normalized spacial score (nSPS) is 14.7. The van der Waals surface area contributed by atoms with Gasteiger partial charge in [0.15, 0.2) is 21.3 Å². The van der Waals surface area contributed by atoms with Gasteiger partial charge in [-0.2, -0.15) is 9.61 Å². The second kappa shape index (κ2) is 6.05. The summed E-state index contributed by atoms with van der Waals surface area (Å²) in [5.74, 6) is 1.90. The Bertz CT molecular complexity index is 1100. The molecule has 8 heteroatoms. The molecule has 1 aliphatic carbocycles. The lowest BCUT2D eigenvalue weighted by Crippen LogP contribution is -2.05. The summed E-state index contributed by atoms with van der Waals surface area (Å²) < 4.78 is 31.7. The van der Waals surface area contributed by atoms with E-state index < -0.39 is 9.84 Å². The van der Waals surface area contributed by atoms with Crippen LogP contribution in [0, 0.1) is 19.8 Å². The SMILES string of the molecule is Cc1cc(-c2cc(S(C)(=O)=O)ccc2OCC2CC2)nn2c(C)nnc12. The van der Waals surface area contributed by atoms with Gasteiger partial charge in [-0.1, -0.05) is 0 Å². The highest BCUT2D eigenvalue weighted by Crippen LogP contribution is 2.35. The van der Waals surface area contributed by atoms with Crippen molar-refractivity contribution < 1.29 is 13.2 Å². The van der Waals surface area contributed by atoms with Gasteiger partial charge in [-0.3, -0.25) is 0 Å². The molecular weight excluding hydrogens is 352 g/mol. The molecule has 2 heterocycles. The van der Waals surface area contributed by atoms with Gasteiger partial charge in [0.1, 0.15) is 5.75 Å². The summed E-state index contributed by atoms with van der Waals surface area (Å²) >= 11 is 0. The van der Waals surface area contributed by atoms with Crippen LogP contribution in [0.4, 0.5) is 0 Å². The van der Waals surface area contributed by atoms with E-state index in [9.17, 15) is 8.42 Å². The van der Waals surface area contributed by atoms with E-state index in [4.69, 9.17) is 4.74 Å². The Labute approximate surface area is 151 Å². The summed E-state index contributed by atoms with van der Waals surface area (Å²) in [6.45, 7) is 4.39. The molecule has 0 amide bonds. The number of benzene rings is 1. The van der Waals surface area contributed by atoms with Crippen molar-refractivity contribution in [2.45, 2.75) is 31.6 Å². The highest BCUT2D eigenvalue weighted by Gasteiger charge is 2.23. The quantitative estimate of drug-likeness (QED) is 0.684. The highest BCUT2D eigenvalue weighted by atomic mass is 32.2. The highest BCUT2D eigenvalue weighted by molar-refractivity contribution is 7.90. The molecule has 0 radical (unpaired) electrons. The average molecular weight is 372 g/mol. The van der Waals surface area contributed by atoms with Crippen LogP contribution < -0.4 is 4.74 Å². The molecule has 0 atom stereocenters. The van der Waals surface area contributed by atoms with Crippen LogP contribution in [0.1, 0.15) is 24.2 Å². The monoisotopic (exact) mass is 372 g/mol. The summed E-state index contributed by atoms with van der Waals surface area (Å²) in [6, 6.07) is 6.81. The summed E-state index contributed by atoms with van der Waals surface area (Å²) in [6.07, 6.45) is 3.56. The lowest BCUT2D eigenvalue weighted by molar-refractivity contribution is 0.300. The molecule has 1 aromatic carbocycles. The third-order valence-corrected chi connectivity index (χ3v) is 5.65. The van der Waals surface area contributed by atoms with Gasteiger partial charge in [0.05, 0.1) is 17.2 Å². The molecule has 4 rings (SSSR count). The minimum Gasteiger partial charge on any atom is -0.493 e. The number of aryl methyl sites for hydroxylation is 2. The first-order valence-electron chi connectivity index (χ1n) is 8.50. The molecule has 0 bridgehead atoms. The van der Waals surface area contributed by atoms with E-state index in [1.165, 1.54) is 19.1 Å². The van der Waals surface area contributed by atoms with E-state index in [-0.39, 0.29) is 4.90 Å². The van der Waals surface area contributed by atoms with Gasteiger partial charge in [-0.15, -0.1) is 10.2 Å². The Morgan fingerprint density at radius 3 is 2.65 bits per heavy atom. The zero-order valence-electron chi connectivity index (χ0n) is 14.9. The van der Waals surface area contributed by atoms with Crippen molar-refractivity contribution in [1.29, 1.82) is 0 Å². The van der Waals surface area contributed by atoms with Crippen LogP contribution in [-0.4, -0.2) is 41.1 Å². The smallest absolute Gasteiger partial charge is 0.180 e. The Morgan fingerprint density at radius 2 is 1.96 bits per heavy atom. The van der Waals surface area contributed by atoms with Crippen molar-refractivity contribution in [1.82, 2.24) is 19.8 Å².